The van der Waals surface area contributed by atoms with Gasteiger partial charge in [-0.15, -0.1) is 0 Å². The van der Waals surface area contributed by atoms with Gasteiger partial charge in [0, 0.05) is 19.2 Å². The zero-order valence-electron chi connectivity index (χ0n) is 12.9. The maximum Gasteiger partial charge on any atom is 0.264 e. The molecule has 1 aliphatic carbocycles. The van der Waals surface area contributed by atoms with Gasteiger partial charge in [-0.05, 0) is 37.2 Å². The number of para-hydroxylation sites is 2. The maximum absolute atomic E-state index is 12.1. The maximum atomic E-state index is 12.1. The van der Waals surface area contributed by atoms with Gasteiger partial charge >= 0.3 is 0 Å². The van der Waals surface area contributed by atoms with E-state index in [-0.39, 0.29) is 28.2 Å². The van der Waals surface area contributed by atoms with Gasteiger partial charge in [0.05, 0.1) is 11.4 Å². The van der Waals surface area contributed by atoms with Crippen LogP contribution in [-0.2, 0) is 4.79 Å². The number of amides is 1. The standard InChI is InChI=1S/C16H16N4O3S/c1-9(21)18-13-5-3-2-4-12(13)17-8-11-14(22)19-16(24)20(15(11)23)10-6-7-10/h2-5,8,10,23H,6-7H2,1H3,(H,18,21)(H,19,22,24). The molecule has 1 heterocycles. The van der Waals surface area contributed by atoms with Crippen LogP contribution in [0.15, 0.2) is 34.1 Å². The van der Waals surface area contributed by atoms with Crippen molar-refractivity contribution in [3.8, 4) is 5.88 Å². The van der Waals surface area contributed by atoms with E-state index in [1.54, 1.807) is 24.3 Å². The third kappa shape index (κ3) is 3.28. The smallest absolute Gasteiger partial charge is 0.264 e. The van der Waals surface area contributed by atoms with E-state index in [9.17, 15) is 14.7 Å². The van der Waals surface area contributed by atoms with E-state index in [2.05, 4.69) is 15.3 Å². The number of benzene rings is 1. The number of aromatic nitrogens is 2. The number of aliphatic imine (C=N–C) groups is 1. The van der Waals surface area contributed by atoms with Gasteiger partial charge in [-0.25, -0.2) is 0 Å². The van der Waals surface area contributed by atoms with Crippen LogP contribution in [-0.4, -0.2) is 26.8 Å². The second-order valence-corrected chi connectivity index (χ2v) is 5.94. The molecule has 0 bridgehead atoms. The lowest BCUT2D eigenvalue weighted by molar-refractivity contribution is -0.114. The number of hydrogen-bond donors (Lipinski definition) is 3. The fourth-order valence-corrected chi connectivity index (χ4v) is 2.68. The van der Waals surface area contributed by atoms with Crippen LogP contribution in [0.2, 0.25) is 0 Å². The van der Waals surface area contributed by atoms with Gasteiger partial charge in [0.25, 0.3) is 5.56 Å². The van der Waals surface area contributed by atoms with Crippen molar-refractivity contribution in [1.82, 2.24) is 9.55 Å². The lowest BCUT2D eigenvalue weighted by Crippen LogP contribution is -2.18. The van der Waals surface area contributed by atoms with Gasteiger partial charge < -0.3 is 10.4 Å². The molecule has 0 saturated heterocycles. The minimum atomic E-state index is -0.504. The van der Waals surface area contributed by atoms with Gasteiger partial charge in [-0.1, -0.05) is 12.1 Å². The molecule has 0 unspecified atom stereocenters. The molecule has 3 rings (SSSR count). The van der Waals surface area contributed by atoms with Crippen LogP contribution < -0.4 is 10.9 Å². The first-order valence-corrected chi connectivity index (χ1v) is 7.86. The second-order valence-electron chi connectivity index (χ2n) is 5.55. The molecule has 1 amide bonds. The van der Waals surface area contributed by atoms with E-state index in [1.165, 1.54) is 17.7 Å². The summed E-state index contributed by atoms with van der Waals surface area (Å²) in [5.74, 6) is -0.410. The van der Waals surface area contributed by atoms with Gasteiger partial charge in [0.1, 0.15) is 5.56 Å². The number of rotatable bonds is 4. The van der Waals surface area contributed by atoms with E-state index < -0.39 is 5.56 Å². The first kappa shape index (κ1) is 16.1. The molecular formula is C16H16N4O3S. The van der Waals surface area contributed by atoms with Crippen LogP contribution >= 0.6 is 12.2 Å². The predicted octanol–water partition coefficient (Wildman–Crippen LogP) is 2.66. The Kier molecular flexibility index (Phi) is 4.30. The molecular weight excluding hydrogens is 328 g/mol. The van der Waals surface area contributed by atoms with Gasteiger partial charge in [-0.3, -0.25) is 24.1 Å². The molecule has 124 valence electrons. The molecule has 8 heteroatoms. The van der Waals surface area contributed by atoms with Crippen molar-refractivity contribution in [3.05, 3.63) is 45.0 Å². The largest absolute Gasteiger partial charge is 0.494 e. The molecule has 0 spiro atoms. The summed E-state index contributed by atoms with van der Waals surface area (Å²) in [7, 11) is 0. The van der Waals surface area contributed by atoms with E-state index >= 15 is 0 Å². The first-order valence-electron chi connectivity index (χ1n) is 7.46. The molecule has 0 aliphatic heterocycles. The fraction of sp³-hybridized carbons (Fsp3) is 0.250. The average Bonchev–Trinajstić information content (AvgIpc) is 3.32. The molecule has 1 fully saturated rings. The molecule has 0 atom stereocenters. The Labute approximate surface area is 142 Å². The Bertz CT molecular complexity index is 941. The fourth-order valence-electron chi connectivity index (χ4n) is 2.36. The number of anilines is 1. The second kappa shape index (κ2) is 6.40. The highest BCUT2D eigenvalue weighted by atomic mass is 32.1. The first-order chi connectivity index (χ1) is 11.5. The van der Waals surface area contributed by atoms with Crippen LogP contribution in [0.3, 0.4) is 0 Å². The molecule has 1 aliphatic rings. The number of hydrogen-bond acceptors (Lipinski definition) is 5. The number of carbonyl (C=O) groups excluding carboxylic acids is 1. The number of aromatic amines is 1. The normalized spacial score (nSPS) is 14.0. The number of carbonyl (C=O) groups is 1. The summed E-state index contributed by atoms with van der Waals surface area (Å²) in [4.78, 5) is 30.1. The summed E-state index contributed by atoms with van der Waals surface area (Å²) in [5.41, 5.74) is 0.530. The monoisotopic (exact) mass is 344 g/mol. The highest BCUT2D eigenvalue weighted by Gasteiger charge is 2.27. The van der Waals surface area contributed by atoms with E-state index in [4.69, 9.17) is 12.2 Å². The Hall–Kier alpha value is -2.74. The van der Waals surface area contributed by atoms with Crippen molar-refractivity contribution >= 4 is 35.7 Å². The van der Waals surface area contributed by atoms with Gasteiger partial charge in [0.2, 0.25) is 11.8 Å². The van der Waals surface area contributed by atoms with E-state index in [0.29, 0.717) is 11.4 Å². The number of nitrogens with one attached hydrogen (secondary N) is 2. The molecule has 3 N–H and O–H groups in total. The third-order valence-corrected chi connectivity index (χ3v) is 3.91. The Morgan fingerprint density at radius 2 is 2.17 bits per heavy atom. The van der Waals surface area contributed by atoms with Crippen molar-refractivity contribution in [3.63, 3.8) is 0 Å². The van der Waals surface area contributed by atoms with Crippen LogP contribution in [0.5, 0.6) is 5.88 Å². The zero-order chi connectivity index (χ0) is 17.3. The van der Waals surface area contributed by atoms with Crippen molar-refractivity contribution in [1.29, 1.82) is 0 Å². The van der Waals surface area contributed by atoms with Gasteiger partial charge in [-0.2, -0.15) is 0 Å². The van der Waals surface area contributed by atoms with Crippen molar-refractivity contribution in [2.24, 2.45) is 4.99 Å². The van der Waals surface area contributed by atoms with Crippen LogP contribution in [0, 0.1) is 4.77 Å². The third-order valence-electron chi connectivity index (χ3n) is 3.61. The highest BCUT2D eigenvalue weighted by Crippen LogP contribution is 2.38. The predicted molar refractivity (Wildman–Crippen MR) is 93.8 cm³/mol. The number of nitrogens with zero attached hydrogens (tertiary/aromatic N) is 2. The summed E-state index contributed by atoms with van der Waals surface area (Å²) in [5, 5.41) is 13.0. The van der Waals surface area contributed by atoms with E-state index in [1.807, 2.05) is 0 Å². The molecule has 1 aromatic carbocycles. The lowest BCUT2D eigenvalue weighted by atomic mass is 10.2. The molecule has 7 nitrogen and oxygen atoms in total. The summed E-state index contributed by atoms with van der Waals surface area (Å²) < 4.78 is 1.74. The van der Waals surface area contributed by atoms with Crippen molar-refractivity contribution in [2.75, 3.05) is 5.32 Å². The molecule has 24 heavy (non-hydrogen) atoms. The molecule has 0 radical (unpaired) electrons. The quantitative estimate of drug-likeness (QED) is 0.586. The molecule has 1 aromatic heterocycles. The minimum absolute atomic E-state index is 0.0353. The Morgan fingerprint density at radius 1 is 1.46 bits per heavy atom. The molecule has 1 saturated carbocycles. The summed E-state index contributed by atoms with van der Waals surface area (Å²) in [6.45, 7) is 1.40. The Morgan fingerprint density at radius 3 is 2.83 bits per heavy atom. The molecule has 2 aromatic rings. The highest BCUT2D eigenvalue weighted by molar-refractivity contribution is 7.71. The Balaban J connectivity index is 2.02. The van der Waals surface area contributed by atoms with Crippen LogP contribution in [0.4, 0.5) is 11.4 Å². The zero-order valence-corrected chi connectivity index (χ0v) is 13.8. The van der Waals surface area contributed by atoms with Crippen molar-refractivity contribution < 1.29 is 9.90 Å². The average molecular weight is 344 g/mol. The van der Waals surface area contributed by atoms with Crippen LogP contribution in [0.1, 0.15) is 31.4 Å². The summed E-state index contributed by atoms with van der Waals surface area (Å²) >= 11 is 5.10. The topological polar surface area (TPSA) is 99.5 Å². The van der Waals surface area contributed by atoms with E-state index in [0.717, 1.165) is 12.8 Å². The summed E-state index contributed by atoms with van der Waals surface area (Å²) in [6.07, 6.45) is 3.11. The van der Waals surface area contributed by atoms with Crippen molar-refractivity contribution in [2.45, 2.75) is 25.8 Å². The van der Waals surface area contributed by atoms with Gasteiger partial charge in [0.15, 0.2) is 4.77 Å². The lowest BCUT2D eigenvalue weighted by Gasteiger charge is -2.09. The SMILES string of the molecule is CC(=O)Nc1ccccc1N=Cc1c(O)n(C2CC2)c(=S)[nH]c1=O. The minimum Gasteiger partial charge on any atom is -0.494 e. The number of aromatic hydroxyl groups is 1. The van der Waals surface area contributed by atoms with Crippen LogP contribution in [0.25, 0.3) is 0 Å². The summed E-state index contributed by atoms with van der Waals surface area (Å²) in [6, 6.07) is 7.05. The number of H-pyrrole nitrogens is 1.